The molecule has 1 aliphatic heterocycles. The summed E-state index contributed by atoms with van der Waals surface area (Å²) >= 11 is 1.08. The van der Waals surface area contributed by atoms with Crippen molar-refractivity contribution in [1.29, 1.82) is 0 Å². The predicted molar refractivity (Wildman–Crippen MR) is 276 cm³/mol. The van der Waals surface area contributed by atoms with Gasteiger partial charge in [0.25, 0.3) is 5.91 Å². The number of carbonyl (C=O) groups is 7. The van der Waals surface area contributed by atoms with Crippen molar-refractivity contribution in [2.45, 2.75) is 142 Å². The van der Waals surface area contributed by atoms with E-state index in [9.17, 15) is 38.7 Å². The summed E-state index contributed by atoms with van der Waals surface area (Å²) in [6, 6.07) is 9.30. The van der Waals surface area contributed by atoms with E-state index >= 15 is 0 Å². The van der Waals surface area contributed by atoms with Crippen molar-refractivity contribution < 1.29 is 52.9 Å². The van der Waals surface area contributed by atoms with Gasteiger partial charge in [-0.2, -0.15) is 0 Å². The summed E-state index contributed by atoms with van der Waals surface area (Å²) in [4.78, 5) is 106. The fraction of sp³-hybridized carbons (Fsp3) is 0.580. The lowest BCUT2D eigenvalue weighted by Crippen LogP contribution is -2.59. The third kappa shape index (κ3) is 19.5. The number of phenols is 1. The molecule has 2 aromatic heterocycles. The van der Waals surface area contributed by atoms with Crippen molar-refractivity contribution in [1.82, 2.24) is 41.3 Å². The van der Waals surface area contributed by atoms with E-state index in [4.69, 9.17) is 14.2 Å². The second-order valence-corrected chi connectivity index (χ2v) is 21.6. The summed E-state index contributed by atoms with van der Waals surface area (Å²) in [7, 11) is 4.81. The number of benzene rings is 1. The van der Waals surface area contributed by atoms with Crippen LogP contribution in [0.25, 0.3) is 0 Å². The smallest absolute Gasteiger partial charge is 0.426 e. The fourth-order valence-electron chi connectivity index (χ4n) is 8.02. The molecule has 5 amide bonds. The van der Waals surface area contributed by atoms with E-state index in [0.29, 0.717) is 25.0 Å². The van der Waals surface area contributed by atoms with Gasteiger partial charge in [-0.25, -0.2) is 20.2 Å². The van der Waals surface area contributed by atoms with E-state index in [1.165, 1.54) is 50.9 Å². The molecule has 0 saturated carbocycles. The Bertz CT molecular complexity index is 2220. The van der Waals surface area contributed by atoms with Gasteiger partial charge in [0.1, 0.15) is 34.1 Å². The van der Waals surface area contributed by atoms with Crippen LogP contribution in [0.1, 0.15) is 127 Å². The van der Waals surface area contributed by atoms with Crippen LogP contribution in [0.4, 0.5) is 4.79 Å². The number of aromatic hydroxyl groups is 1. The average molecular weight is 1060 g/mol. The number of piperidine rings is 1. The van der Waals surface area contributed by atoms with Crippen LogP contribution in [-0.4, -0.2) is 123 Å². The normalized spacial score (nSPS) is 16.2. The van der Waals surface area contributed by atoms with Gasteiger partial charge in [0.05, 0.1) is 6.04 Å². The van der Waals surface area contributed by atoms with Gasteiger partial charge in [0, 0.05) is 55.1 Å². The highest BCUT2D eigenvalue weighted by molar-refractivity contribution is 8.76. The molecule has 1 fully saturated rings. The van der Waals surface area contributed by atoms with Gasteiger partial charge in [0.15, 0.2) is 12.8 Å². The molecule has 2 unspecified atom stereocenters. The van der Waals surface area contributed by atoms with Gasteiger partial charge in [-0.1, -0.05) is 83.4 Å². The maximum Gasteiger partial charge on any atom is 0.426 e. The lowest BCUT2D eigenvalue weighted by Gasteiger charge is -2.39. The molecule has 4 rings (SSSR count). The van der Waals surface area contributed by atoms with E-state index in [1.54, 1.807) is 25.3 Å². The Morgan fingerprint density at radius 2 is 1.71 bits per heavy atom. The number of carbonyl (C=O) groups excluding carboxylic acids is 7. The van der Waals surface area contributed by atoms with Crippen LogP contribution < -0.4 is 21.5 Å². The number of amides is 5. The van der Waals surface area contributed by atoms with Crippen molar-refractivity contribution in [3.05, 3.63) is 70.3 Å². The van der Waals surface area contributed by atoms with Crippen molar-refractivity contribution >= 4 is 74.6 Å². The number of thiazole rings is 1. The van der Waals surface area contributed by atoms with Crippen molar-refractivity contribution in [2.24, 2.45) is 17.8 Å². The first-order valence-corrected chi connectivity index (χ1v) is 27.7. The predicted octanol–water partition coefficient (Wildman–Crippen LogP) is 6.97. The highest BCUT2D eigenvalue weighted by Crippen LogP contribution is 2.32. The number of nitrogens with one attached hydrogen (secondary N) is 4. The zero-order valence-electron chi connectivity index (χ0n) is 42.6. The summed E-state index contributed by atoms with van der Waals surface area (Å²) < 4.78 is 16.7. The molecule has 1 saturated heterocycles. The quantitative estimate of drug-likeness (QED) is 0.0129. The van der Waals surface area contributed by atoms with Gasteiger partial charge >= 0.3 is 18.0 Å². The minimum absolute atomic E-state index is 0.00993. The van der Waals surface area contributed by atoms with Gasteiger partial charge in [-0.15, -0.1) is 11.3 Å². The van der Waals surface area contributed by atoms with Gasteiger partial charge in [-0.3, -0.25) is 39.1 Å². The van der Waals surface area contributed by atoms with Gasteiger partial charge in [-0.05, 0) is 98.2 Å². The Morgan fingerprint density at radius 1 is 0.958 bits per heavy atom. The number of aromatic nitrogens is 2. The Kier molecular flexibility index (Phi) is 25.1. The first-order chi connectivity index (χ1) is 34.4. The van der Waals surface area contributed by atoms with Crippen LogP contribution in [-0.2, 0) is 44.6 Å². The SMILES string of the molecule is CCCC(=O)OCN(C(=O)C(NC(=O)[C@H]1CCCCN1C)C(C)CC)[C@H](C[C@@H](OC(C)=O)c1nc(C(=O)N[C@@H](Cc2ccc(O)cc2)C[C@H](C)C(=O)NNC(=O)OCCSSc2ccccn2)cs1)C(C)C. The molecular formula is C50H72N8O11S3. The van der Waals surface area contributed by atoms with Gasteiger partial charge < -0.3 is 34.9 Å². The number of rotatable bonds is 27. The van der Waals surface area contributed by atoms with Crippen molar-refractivity contribution in [2.75, 3.05) is 32.7 Å². The third-order valence-electron chi connectivity index (χ3n) is 12.2. The second kappa shape index (κ2) is 30.6. The zero-order valence-corrected chi connectivity index (χ0v) is 45.0. The highest BCUT2D eigenvalue weighted by Gasteiger charge is 2.39. The maximum absolute atomic E-state index is 14.9. The van der Waals surface area contributed by atoms with E-state index in [1.807, 2.05) is 64.8 Å². The lowest BCUT2D eigenvalue weighted by atomic mass is 9.92. The number of nitrogens with zero attached hydrogens (tertiary/aromatic N) is 4. The molecule has 0 aliphatic carbocycles. The van der Waals surface area contributed by atoms with Crippen molar-refractivity contribution in [3.63, 3.8) is 0 Å². The van der Waals surface area contributed by atoms with Crippen molar-refractivity contribution in [3.8, 4) is 5.75 Å². The minimum Gasteiger partial charge on any atom is -0.508 e. The van der Waals surface area contributed by atoms with Crippen LogP contribution in [0.15, 0.2) is 59.1 Å². The average Bonchev–Trinajstić information content (AvgIpc) is 3.85. The molecular weight excluding hydrogens is 985 g/mol. The molecule has 1 aromatic carbocycles. The number of hydrogen-bond donors (Lipinski definition) is 5. The molecule has 3 heterocycles. The molecule has 1 aliphatic rings. The molecule has 7 atom stereocenters. The topological polar surface area (TPSA) is 248 Å². The summed E-state index contributed by atoms with van der Waals surface area (Å²) in [6.07, 6.45) is 3.97. The van der Waals surface area contributed by atoms with E-state index in [2.05, 4.69) is 31.5 Å². The van der Waals surface area contributed by atoms with Crippen LogP contribution in [0.3, 0.4) is 0 Å². The van der Waals surface area contributed by atoms with E-state index in [0.717, 1.165) is 41.3 Å². The number of hydrogen-bond acceptors (Lipinski definition) is 17. The summed E-state index contributed by atoms with van der Waals surface area (Å²) in [5.41, 5.74) is 5.42. The molecule has 5 N–H and O–H groups in total. The Morgan fingerprint density at radius 3 is 2.36 bits per heavy atom. The Labute approximate surface area is 434 Å². The number of esters is 2. The molecule has 3 aromatic rings. The molecule has 396 valence electrons. The molecule has 72 heavy (non-hydrogen) atoms. The Balaban J connectivity index is 1.51. The number of ether oxygens (including phenoxy) is 3. The number of pyridine rings is 1. The molecule has 22 heteroatoms. The molecule has 19 nitrogen and oxygen atoms in total. The fourth-order valence-corrected chi connectivity index (χ4v) is 10.6. The lowest BCUT2D eigenvalue weighted by molar-refractivity contribution is -0.160. The number of phenolic OH excluding ortho intramolecular Hbond substituents is 1. The summed E-state index contributed by atoms with van der Waals surface area (Å²) in [5, 5.41) is 18.6. The van der Waals surface area contributed by atoms with Gasteiger partial charge in [0.2, 0.25) is 17.7 Å². The number of likely N-dealkylation sites (tertiary alicyclic amines) is 1. The zero-order chi connectivity index (χ0) is 52.7. The second-order valence-electron chi connectivity index (χ2n) is 18.3. The minimum atomic E-state index is -1.05. The standard InChI is InChI=1S/C50H72N8O11S3/c1-9-15-43(61)68-30-58(49(65)44(32(5)10-2)54-47(64)39-16-12-14-23-57(39)8)40(31(3)4)28-41(69-34(7)59)48-53-38(29-70-48)46(63)52-36(27-35-18-20-37(60)21-19-35)26-33(6)45(62)55-56-50(66)67-24-25-71-72-42-17-11-13-22-51-42/h11,13,17-22,29,31-33,36,39-41,44,60H,9-10,12,14-16,23-28,30H2,1-8H3,(H,52,63)(H,54,64)(H,55,62)(H,56,66)/t32?,33-,36+,39+,40+,41+,44?/m0/s1. The molecule has 0 spiro atoms. The third-order valence-corrected chi connectivity index (χ3v) is 15.4. The van der Waals surface area contributed by atoms with E-state index < -0.39 is 78.7 Å². The number of hydrazine groups is 1. The maximum atomic E-state index is 14.9. The van der Waals surface area contributed by atoms with E-state index in [-0.39, 0.29) is 66.5 Å². The first-order valence-electron chi connectivity index (χ1n) is 24.5. The number of likely N-dealkylation sites (N-methyl/N-ethyl adjacent to an activating group) is 1. The summed E-state index contributed by atoms with van der Waals surface area (Å²) in [6.45, 7) is 12.8. The largest absolute Gasteiger partial charge is 0.508 e. The van der Waals surface area contributed by atoms with Crippen LogP contribution >= 0.6 is 32.9 Å². The molecule has 0 bridgehead atoms. The monoisotopic (exact) mass is 1060 g/mol. The van der Waals surface area contributed by atoms with Crippen LogP contribution in [0, 0.1) is 17.8 Å². The summed E-state index contributed by atoms with van der Waals surface area (Å²) in [5.74, 6) is -3.68. The highest BCUT2D eigenvalue weighted by atomic mass is 33.1. The van der Waals surface area contributed by atoms with Crippen LogP contribution in [0.2, 0.25) is 0 Å². The Hall–Kier alpha value is -5.45. The molecule has 0 radical (unpaired) electrons. The first kappa shape index (κ1) is 59.1. The van der Waals surface area contributed by atoms with Crippen LogP contribution in [0.5, 0.6) is 5.75 Å².